The number of ether oxygens (including phenoxy) is 1. The van der Waals surface area contributed by atoms with E-state index in [1.165, 1.54) is 23.9 Å². The second kappa shape index (κ2) is 8.08. The quantitative estimate of drug-likeness (QED) is 0.428. The van der Waals surface area contributed by atoms with Crippen LogP contribution >= 0.6 is 35.0 Å². The van der Waals surface area contributed by atoms with Gasteiger partial charge in [0.05, 0.1) is 16.7 Å². The minimum Gasteiger partial charge on any atom is -0.490 e. The molecule has 0 aliphatic rings. The van der Waals surface area contributed by atoms with E-state index in [4.69, 9.17) is 27.9 Å². The molecule has 0 unspecified atom stereocenters. The van der Waals surface area contributed by atoms with Crippen LogP contribution in [0.2, 0.25) is 10.0 Å². The lowest BCUT2D eigenvalue weighted by molar-refractivity contribution is 0.344. The zero-order valence-electron chi connectivity index (χ0n) is 13.2. The van der Waals surface area contributed by atoms with Crippen molar-refractivity contribution in [3.05, 3.63) is 58.3 Å². The zero-order chi connectivity index (χ0) is 17.8. The molecule has 0 aliphatic heterocycles. The van der Waals surface area contributed by atoms with Crippen LogP contribution in [0.3, 0.4) is 0 Å². The standard InChI is InChI=1S/C17H14Cl2FN3OS/c1-23-16(11-5-7-12(20)8-6-11)21-22-17(23)25-10-9-24-15-13(18)3-2-4-14(15)19/h2-8H,9-10H2,1H3. The Labute approximate surface area is 158 Å². The van der Waals surface area contributed by atoms with E-state index in [1.54, 1.807) is 30.3 Å². The maximum absolute atomic E-state index is 13.0. The third-order valence-corrected chi connectivity index (χ3v) is 5.00. The third kappa shape index (κ3) is 4.26. The average molecular weight is 398 g/mol. The maximum Gasteiger partial charge on any atom is 0.191 e. The van der Waals surface area contributed by atoms with E-state index in [-0.39, 0.29) is 5.82 Å². The second-order valence-electron chi connectivity index (χ2n) is 5.12. The molecule has 0 spiro atoms. The van der Waals surface area contributed by atoms with E-state index in [0.29, 0.717) is 34.0 Å². The van der Waals surface area contributed by atoms with Crippen LogP contribution in [-0.2, 0) is 7.05 Å². The fraction of sp³-hybridized carbons (Fsp3) is 0.176. The van der Waals surface area contributed by atoms with Gasteiger partial charge in [0.15, 0.2) is 16.7 Å². The van der Waals surface area contributed by atoms with Gasteiger partial charge < -0.3 is 9.30 Å². The van der Waals surface area contributed by atoms with Crippen LogP contribution in [0.4, 0.5) is 4.39 Å². The van der Waals surface area contributed by atoms with Gasteiger partial charge in [-0.3, -0.25) is 0 Å². The van der Waals surface area contributed by atoms with Gasteiger partial charge >= 0.3 is 0 Å². The van der Waals surface area contributed by atoms with Crippen molar-refractivity contribution in [2.45, 2.75) is 5.16 Å². The Morgan fingerprint density at radius 2 is 1.76 bits per heavy atom. The van der Waals surface area contributed by atoms with Crippen LogP contribution in [0, 0.1) is 5.82 Å². The summed E-state index contributed by atoms with van der Waals surface area (Å²) in [6.45, 7) is 0.423. The number of nitrogens with zero attached hydrogens (tertiary/aromatic N) is 3. The van der Waals surface area contributed by atoms with Gasteiger partial charge in [0, 0.05) is 18.4 Å². The summed E-state index contributed by atoms with van der Waals surface area (Å²) in [6.07, 6.45) is 0. The SMILES string of the molecule is Cn1c(SCCOc2c(Cl)cccc2Cl)nnc1-c1ccc(F)cc1. The molecule has 3 rings (SSSR count). The summed E-state index contributed by atoms with van der Waals surface area (Å²) in [5.41, 5.74) is 0.808. The minimum atomic E-state index is -0.282. The molecule has 0 atom stereocenters. The zero-order valence-corrected chi connectivity index (χ0v) is 15.6. The fourth-order valence-corrected chi connectivity index (χ4v) is 3.42. The Morgan fingerprint density at radius 1 is 1.08 bits per heavy atom. The molecule has 25 heavy (non-hydrogen) atoms. The predicted octanol–water partition coefficient (Wildman–Crippen LogP) is 5.10. The number of aromatic nitrogens is 3. The van der Waals surface area contributed by atoms with Gasteiger partial charge in [-0.1, -0.05) is 41.0 Å². The first kappa shape index (κ1) is 18.0. The van der Waals surface area contributed by atoms with Crippen LogP contribution in [0.25, 0.3) is 11.4 Å². The lowest BCUT2D eigenvalue weighted by atomic mass is 10.2. The van der Waals surface area contributed by atoms with E-state index in [2.05, 4.69) is 10.2 Å². The van der Waals surface area contributed by atoms with Gasteiger partial charge in [-0.25, -0.2) is 4.39 Å². The molecule has 1 aromatic heterocycles. The van der Waals surface area contributed by atoms with Crippen molar-refractivity contribution in [2.75, 3.05) is 12.4 Å². The number of hydrogen-bond donors (Lipinski definition) is 0. The molecule has 130 valence electrons. The molecule has 8 heteroatoms. The predicted molar refractivity (Wildman–Crippen MR) is 99.1 cm³/mol. The monoisotopic (exact) mass is 397 g/mol. The Bertz CT molecular complexity index is 851. The highest BCUT2D eigenvalue weighted by molar-refractivity contribution is 7.99. The van der Waals surface area contributed by atoms with Crippen molar-refractivity contribution in [1.29, 1.82) is 0 Å². The van der Waals surface area contributed by atoms with Crippen LogP contribution in [0.1, 0.15) is 0 Å². The number of para-hydroxylation sites is 1. The van der Waals surface area contributed by atoms with Crippen LogP contribution in [0.15, 0.2) is 47.6 Å². The van der Waals surface area contributed by atoms with Gasteiger partial charge in [-0.05, 0) is 36.4 Å². The normalized spacial score (nSPS) is 10.9. The summed E-state index contributed by atoms with van der Waals surface area (Å²) in [4.78, 5) is 0. The van der Waals surface area contributed by atoms with Crippen molar-refractivity contribution >= 4 is 35.0 Å². The highest BCUT2D eigenvalue weighted by Crippen LogP contribution is 2.32. The Morgan fingerprint density at radius 3 is 2.44 bits per heavy atom. The average Bonchev–Trinajstić information content (AvgIpc) is 2.95. The van der Waals surface area contributed by atoms with Gasteiger partial charge in [0.1, 0.15) is 5.82 Å². The topological polar surface area (TPSA) is 39.9 Å². The molecule has 1 heterocycles. The van der Waals surface area contributed by atoms with Gasteiger partial charge in [0.2, 0.25) is 0 Å². The van der Waals surface area contributed by atoms with Gasteiger partial charge in [0.25, 0.3) is 0 Å². The first-order chi connectivity index (χ1) is 12.1. The van der Waals surface area contributed by atoms with Gasteiger partial charge in [-0.15, -0.1) is 10.2 Å². The van der Waals surface area contributed by atoms with E-state index < -0.39 is 0 Å². The highest BCUT2D eigenvalue weighted by atomic mass is 35.5. The summed E-state index contributed by atoms with van der Waals surface area (Å²) in [7, 11) is 1.87. The number of rotatable bonds is 6. The third-order valence-electron chi connectivity index (χ3n) is 3.42. The van der Waals surface area contributed by atoms with Crippen molar-refractivity contribution in [3.63, 3.8) is 0 Å². The van der Waals surface area contributed by atoms with Crippen LogP contribution in [-0.4, -0.2) is 27.1 Å². The Kier molecular flexibility index (Phi) is 5.83. The summed E-state index contributed by atoms with van der Waals surface area (Å²) < 4.78 is 20.5. The number of thioether (sulfide) groups is 1. The van der Waals surface area contributed by atoms with Crippen LogP contribution < -0.4 is 4.74 Å². The molecule has 0 amide bonds. The molecule has 0 saturated carbocycles. The molecule has 0 saturated heterocycles. The molecule has 0 bridgehead atoms. The lowest BCUT2D eigenvalue weighted by Crippen LogP contribution is -2.03. The molecular formula is C17H14Cl2FN3OS. The highest BCUT2D eigenvalue weighted by Gasteiger charge is 2.12. The second-order valence-corrected chi connectivity index (χ2v) is 7.00. The van der Waals surface area contributed by atoms with E-state index in [0.717, 1.165) is 10.7 Å². The smallest absolute Gasteiger partial charge is 0.191 e. The Balaban J connectivity index is 1.60. The summed E-state index contributed by atoms with van der Waals surface area (Å²) in [5.74, 6) is 1.53. The lowest BCUT2D eigenvalue weighted by Gasteiger charge is -2.09. The summed E-state index contributed by atoms with van der Waals surface area (Å²) >= 11 is 13.6. The summed E-state index contributed by atoms with van der Waals surface area (Å²) in [6, 6.07) is 11.4. The first-order valence-corrected chi connectivity index (χ1v) is 9.15. The molecule has 2 aromatic carbocycles. The number of hydrogen-bond acceptors (Lipinski definition) is 4. The summed E-state index contributed by atoms with van der Waals surface area (Å²) in [5, 5.41) is 10.0. The minimum absolute atomic E-state index is 0.282. The molecule has 0 fully saturated rings. The molecule has 0 radical (unpaired) electrons. The maximum atomic E-state index is 13.0. The molecule has 4 nitrogen and oxygen atoms in total. The first-order valence-electron chi connectivity index (χ1n) is 7.41. The number of halogens is 3. The molecule has 0 N–H and O–H groups in total. The van der Waals surface area contributed by atoms with E-state index >= 15 is 0 Å². The van der Waals surface area contributed by atoms with Crippen molar-refractivity contribution < 1.29 is 9.13 Å². The van der Waals surface area contributed by atoms with E-state index in [1.807, 2.05) is 11.6 Å². The largest absolute Gasteiger partial charge is 0.490 e. The van der Waals surface area contributed by atoms with Crippen molar-refractivity contribution in [3.8, 4) is 17.1 Å². The van der Waals surface area contributed by atoms with E-state index in [9.17, 15) is 4.39 Å². The van der Waals surface area contributed by atoms with Gasteiger partial charge in [-0.2, -0.15) is 0 Å². The Hall–Kier alpha value is -1.76. The van der Waals surface area contributed by atoms with Crippen molar-refractivity contribution in [2.24, 2.45) is 7.05 Å². The molecule has 3 aromatic rings. The fourth-order valence-electron chi connectivity index (χ4n) is 2.19. The molecule has 0 aliphatic carbocycles. The molecular weight excluding hydrogens is 384 g/mol. The van der Waals surface area contributed by atoms with Crippen LogP contribution in [0.5, 0.6) is 5.75 Å². The number of benzene rings is 2. The van der Waals surface area contributed by atoms with Crippen molar-refractivity contribution in [1.82, 2.24) is 14.8 Å².